The Morgan fingerprint density at radius 3 is 2.89 bits per heavy atom. The van der Waals surface area contributed by atoms with E-state index in [0.717, 1.165) is 24.2 Å². The van der Waals surface area contributed by atoms with Crippen LogP contribution >= 0.6 is 0 Å². The minimum Gasteiger partial charge on any atom is -0.373 e. The number of benzene rings is 1. The number of carbonyl (C=O) groups is 1. The Labute approximate surface area is 115 Å². The Morgan fingerprint density at radius 1 is 1.37 bits per heavy atom. The third kappa shape index (κ3) is 4.15. The number of ketones is 1. The van der Waals surface area contributed by atoms with Gasteiger partial charge in [-0.05, 0) is 56.3 Å². The first-order valence-electron chi connectivity index (χ1n) is 7.05. The van der Waals surface area contributed by atoms with Crippen LogP contribution < -0.4 is 5.32 Å². The number of hydrogen-bond acceptors (Lipinski definition) is 3. The molecule has 2 rings (SSSR count). The van der Waals surface area contributed by atoms with E-state index in [-0.39, 0.29) is 12.4 Å². The van der Waals surface area contributed by atoms with Gasteiger partial charge < -0.3 is 10.1 Å². The normalized spacial score (nSPS) is 19.4. The van der Waals surface area contributed by atoms with Gasteiger partial charge in [0.25, 0.3) is 0 Å². The smallest absolute Gasteiger partial charge is 0.188 e. The average Bonchev–Trinajstić information content (AvgIpc) is 2.43. The van der Waals surface area contributed by atoms with Crippen LogP contribution in [0.4, 0.5) is 0 Å². The predicted molar refractivity (Wildman–Crippen MR) is 76.7 cm³/mol. The number of hydrogen-bond donors (Lipinski definition) is 1. The molecule has 0 aliphatic carbocycles. The van der Waals surface area contributed by atoms with E-state index in [4.69, 9.17) is 4.74 Å². The number of ether oxygens (including phenoxy) is 1. The van der Waals surface area contributed by atoms with Gasteiger partial charge in [0.05, 0.1) is 6.61 Å². The van der Waals surface area contributed by atoms with Gasteiger partial charge in [0, 0.05) is 12.1 Å². The van der Waals surface area contributed by atoms with Crippen molar-refractivity contribution in [1.29, 1.82) is 0 Å². The fraction of sp³-hybridized carbons (Fsp3) is 0.562. The van der Waals surface area contributed by atoms with Crippen molar-refractivity contribution in [3.8, 4) is 0 Å². The second-order valence-electron chi connectivity index (χ2n) is 5.45. The number of piperidine rings is 1. The number of rotatable bonds is 5. The Morgan fingerprint density at radius 2 is 2.21 bits per heavy atom. The zero-order valence-corrected chi connectivity index (χ0v) is 11.9. The molecule has 0 aromatic heterocycles. The van der Waals surface area contributed by atoms with Crippen LogP contribution in [-0.2, 0) is 4.74 Å². The molecule has 1 aliphatic heterocycles. The maximum atomic E-state index is 12.0. The third-order valence-corrected chi connectivity index (χ3v) is 3.81. The lowest BCUT2D eigenvalue weighted by Crippen LogP contribution is -2.32. The maximum Gasteiger partial charge on any atom is 0.188 e. The molecule has 1 atom stereocenters. The van der Waals surface area contributed by atoms with Crippen LogP contribution in [0.15, 0.2) is 18.2 Å². The molecule has 1 heterocycles. The van der Waals surface area contributed by atoms with Gasteiger partial charge >= 0.3 is 0 Å². The van der Waals surface area contributed by atoms with E-state index in [9.17, 15) is 4.79 Å². The molecule has 1 N–H and O–H groups in total. The first kappa shape index (κ1) is 14.2. The van der Waals surface area contributed by atoms with Crippen molar-refractivity contribution in [3.63, 3.8) is 0 Å². The number of Topliss-reactive ketones (excluding diaryl/α,β-unsaturated/α-hetero) is 1. The Hall–Kier alpha value is -1.19. The Balaban J connectivity index is 1.78. The molecule has 1 aromatic rings. The molecule has 1 fully saturated rings. The van der Waals surface area contributed by atoms with Crippen molar-refractivity contribution in [1.82, 2.24) is 5.32 Å². The minimum atomic E-state index is 0.0758. The highest BCUT2D eigenvalue weighted by molar-refractivity contribution is 5.97. The fourth-order valence-electron chi connectivity index (χ4n) is 2.38. The van der Waals surface area contributed by atoms with Gasteiger partial charge in [0.15, 0.2) is 5.78 Å². The second-order valence-corrected chi connectivity index (χ2v) is 5.45. The quantitative estimate of drug-likeness (QED) is 0.828. The molecule has 3 heteroatoms. The highest BCUT2D eigenvalue weighted by atomic mass is 16.5. The van der Waals surface area contributed by atoms with Crippen molar-refractivity contribution in [2.45, 2.75) is 26.7 Å². The second kappa shape index (κ2) is 6.83. The summed E-state index contributed by atoms with van der Waals surface area (Å²) in [7, 11) is 0. The molecule has 3 nitrogen and oxygen atoms in total. The minimum absolute atomic E-state index is 0.0758. The van der Waals surface area contributed by atoms with Crippen molar-refractivity contribution in [2.75, 3.05) is 26.3 Å². The third-order valence-electron chi connectivity index (χ3n) is 3.81. The summed E-state index contributed by atoms with van der Waals surface area (Å²) in [6.45, 7) is 7.08. The molecule has 1 saturated heterocycles. The van der Waals surface area contributed by atoms with Gasteiger partial charge in [-0.15, -0.1) is 0 Å². The zero-order valence-electron chi connectivity index (χ0n) is 11.9. The van der Waals surface area contributed by atoms with E-state index in [2.05, 4.69) is 12.2 Å². The number of carbonyl (C=O) groups excluding carboxylic acids is 1. The average molecular weight is 261 g/mol. The lowest BCUT2D eigenvalue weighted by atomic mass is 10.0. The predicted octanol–water partition coefficient (Wildman–Crippen LogP) is 2.50. The molecule has 1 unspecified atom stereocenters. The summed E-state index contributed by atoms with van der Waals surface area (Å²) in [5, 5.41) is 3.35. The molecule has 104 valence electrons. The van der Waals surface area contributed by atoms with Crippen LogP contribution in [0.5, 0.6) is 0 Å². The largest absolute Gasteiger partial charge is 0.373 e. The number of aryl methyl sites for hydroxylation is 2. The van der Waals surface area contributed by atoms with Crippen LogP contribution in [0.2, 0.25) is 0 Å². The summed E-state index contributed by atoms with van der Waals surface area (Å²) in [5.41, 5.74) is 3.12. The van der Waals surface area contributed by atoms with Crippen molar-refractivity contribution in [3.05, 3.63) is 34.9 Å². The van der Waals surface area contributed by atoms with E-state index >= 15 is 0 Å². The lowest BCUT2D eigenvalue weighted by Gasteiger charge is -2.22. The van der Waals surface area contributed by atoms with E-state index in [1.54, 1.807) is 0 Å². The molecule has 1 aromatic carbocycles. The summed E-state index contributed by atoms with van der Waals surface area (Å²) in [4.78, 5) is 12.0. The highest BCUT2D eigenvalue weighted by Gasteiger charge is 2.14. The molecule has 0 amide bonds. The van der Waals surface area contributed by atoms with Crippen LogP contribution in [-0.4, -0.2) is 32.1 Å². The van der Waals surface area contributed by atoms with Crippen molar-refractivity contribution >= 4 is 5.78 Å². The molecule has 0 saturated carbocycles. The van der Waals surface area contributed by atoms with E-state index in [1.165, 1.54) is 18.4 Å². The van der Waals surface area contributed by atoms with Crippen LogP contribution in [0.25, 0.3) is 0 Å². The molecule has 0 radical (unpaired) electrons. The fourth-order valence-corrected chi connectivity index (χ4v) is 2.38. The first-order valence-corrected chi connectivity index (χ1v) is 7.05. The first-order chi connectivity index (χ1) is 9.16. The summed E-state index contributed by atoms with van der Waals surface area (Å²) in [5.74, 6) is 0.633. The van der Waals surface area contributed by atoms with Gasteiger partial charge in [0.1, 0.15) is 6.61 Å². The highest BCUT2D eigenvalue weighted by Crippen LogP contribution is 2.12. The summed E-state index contributed by atoms with van der Waals surface area (Å²) >= 11 is 0. The van der Waals surface area contributed by atoms with Gasteiger partial charge in [-0.25, -0.2) is 0 Å². The SMILES string of the molecule is Cc1ccc(C(=O)COCC2CCCNC2)cc1C. The van der Waals surface area contributed by atoms with Gasteiger partial charge in [-0.2, -0.15) is 0 Å². The molecule has 19 heavy (non-hydrogen) atoms. The summed E-state index contributed by atoms with van der Waals surface area (Å²) in [6, 6.07) is 5.83. The van der Waals surface area contributed by atoms with Crippen molar-refractivity contribution in [2.24, 2.45) is 5.92 Å². The van der Waals surface area contributed by atoms with Crippen LogP contribution in [0.3, 0.4) is 0 Å². The Bertz CT molecular complexity index is 436. The van der Waals surface area contributed by atoms with Crippen LogP contribution in [0, 0.1) is 19.8 Å². The standard InChI is InChI=1S/C16H23NO2/c1-12-5-6-15(8-13(12)2)16(18)11-19-10-14-4-3-7-17-9-14/h5-6,8,14,17H,3-4,7,9-11H2,1-2H3. The molecule has 1 aliphatic rings. The van der Waals surface area contributed by atoms with E-state index in [1.807, 2.05) is 25.1 Å². The summed E-state index contributed by atoms with van der Waals surface area (Å²) in [6.07, 6.45) is 2.41. The van der Waals surface area contributed by atoms with E-state index < -0.39 is 0 Å². The maximum absolute atomic E-state index is 12.0. The molecule has 0 bridgehead atoms. The lowest BCUT2D eigenvalue weighted by molar-refractivity contribution is 0.0645. The van der Waals surface area contributed by atoms with Crippen molar-refractivity contribution < 1.29 is 9.53 Å². The molecular weight excluding hydrogens is 238 g/mol. The molecular formula is C16H23NO2. The van der Waals surface area contributed by atoms with Gasteiger partial charge in [-0.3, -0.25) is 4.79 Å². The Kier molecular flexibility index (Phi) is 5.11. The summed E-state index contributed by atoms with van der Waals surface area (Å²) < 4.78 is 5.57. The molecule has 0 spiro atoms. The zero-order chi connectivity index (χ0) is 13.7. The topological polar surface area (TPSA) is 38.3 Å². The monoisotopic (exact) mass is 261 g/mol. The van der Waals surface area contributed by atoms with Crippen LogP contribution in [0.1, 0.15) is 34.3 Å². The van der Waals surface area contributed by atoms with Gasteiger partial charge in [0.2, 0.25) is 0 Å². The van der Waals surface area contributed by atoms with E-state index in [0.29, 0.717) is 12.5 Å². The van der Waals surface area contributed by atoms with Gasteiger partial charge in [-0.1, -0.05) is 12.1 Å². The number of nitrogens with one attached hydrogen (secondary N) is 1.